The number of rotatable bonds is 3. The molecule has 1 aliphatic rings. The Morgan fingerprint density at radius 2 is 1.75 bits per heavy atom. The van der Waals surface area contributed by atoms with Gasteiger partial charge in [-0.15, -0.1) is 0 Å². The molecule has 0 atom stereocenters. The van der Waals surface area contributed by atoms with Crippen LogP contribution in [0.1, 0.15) is 0 Å². The zero-order valence-electron chi connectivity index (χ0n) is 7.39. The first-order valence-electron chi connectivity index (χ1n) is 3.79. The van der Waals surface area contributed by atoms with Gasteiger partial charge in [0.1, 0.15) is 0 Å². The molecule has 0 unspecified atom stereocenters. The van der Waals surface area contributed by atoms with Crippen LogP contribution in [0.2, 0.25) is 0 Å². The van der Waals surface area contributed by atoms with Gasteiger partial charge in [-0.1, -0.05) is 4.67 Å². The third kappa shape index (κ3) is 2.13. The highest BCUT2D eigenvalue weighted by atomic mass is 31.2. The van der Waals surface area contributed by atoms with Crippen LogP contribution in [0.15, 0.2) is 0 Å². The van der Waals surface area contributed by atoms with Crippen LogP contribution in [-0.2, 0) is 13.8 Å². The maximum Gasteiger partial charge on any atom is 0.501 e. The van der Waals surface area contributed by atoms with E-state index in [-0.39, 0.29) is 0 Å². The summed E-state index contributed by atoms with van der Waals surface area (Å²) in [7, 11) is 0.149. The van der Waals surface area contributed by atoms with Crippen molar-refractivity contribution in [1.29, 1.82) is 0 Å². The van der Waals surface area contributed by atoms with E-state index in [0.717, 1.165) is 0 Å². The minimum absolute atomic E-state index is 0.620. The maximum atomic E-state index is 9.79. The van der Waals surface area contributed by atoms with E-state index < -0.39 is 8.09 Å². The summed E-state index contributed by atoms with van der Waals surface area (Å²) in [6.07, 6.45) is 0. The molecule has 1 aliphatic heterocycles. The molecule has 0 amide bonds. The van der Waals surface area contributed by atoms with Gasteiger partial charge < -0.3 is 4.74 Å². The molecule has 1 N–H and O–H groups in total. The Labute approximate surface area is 72.9 Å². The number of morpholine rings is 1. The second-order valence-electron chi connectivity index (χ2n) is 2.42. The molecule has 72 valence electrons. The fraction of sp³-hybridized carbons (Fsp3) is 1.00. The molecule has 12 heavy (non-hydrogen) atoms. The summed E-state index contributed by atoms with van der Waals surface area (Å²) in [5.41, 5.74) is 0. The molecule has 1 heterocycles. The van der Waals surface area contributed by atoms with Gasteiger partial charge in [0.25, 0.3) is 0 Å². The van der Waals surface area contributed by atoms with Gasteiger partial charge in [0.2, 0.25) is 0 Å². The summed E-state index contributed by atoms with van der Waals surface area (Å²) in [6.45, 7) is 2.56. The average molecular weight is 196 g/mol. The second-order valence-corrected chi connectivity index (χ2v) is 4.70. The van der Waals surface area contributed by atoms with E-state index in [9.17, 15) is 4.89 Å². The fourth-order valence-electron chi connectivity index (χ4n) is 1.11. The molecule has 6 heteroatoms. The van der Waals surface area contributed by atoms with Crippen LogP contribution in [0.5, 0.6) is 0 Å². The number of hydrogen-bond donors (Lipinski definition) is 1. The van der Waals surface area contributed by atoms with Crippen LogP contribution >= 0.6 is 8.09 Å². The predicted octanol–water partition coefficient (Wildman–Crippen LogP) is 0.281. The molecule has 0 aromatic rings. The summed E-state index contributed by atoms with van der Waals surface area (Å²) in [4.78, 5) is 9.79. The summed E-state index contributed by atoms with van der Waals surface area (Å²) in [6, 6.07) is 0. The topological polar surface area (TPSA) is 51.2 Å². The Bertz CT molecular complexity index is 136. The Morgan fingerprint density at radius 3 is 2.17 bits per heavy atom. The van der Waals surface area contributed by atoms with Crippen LogP contribution in [0.3, 0.4) is 0 Å². The van der Waals surface area contributed by atoms with Crippen molar-refractivity contribution in [2.45, 2.75) is 0 Å². The third-order valence-corrected chi connectivity index (χ3v) is 3.89. The van der Waals surface area contributed by atoms with E-state index in [1.807, 2.05) is 0 Å². The van der Waals surface area contributed by atoms with E-state index in [4.69, 9.17) is 13.8 Å². The molecule has 0 aromatic heterocycles. The van der Waals surface area contributed by atoms with Gasteiger partial charge in [-0.05, 0) is 0 Å². The van der Waals surface area contributed by atoms with Crippen molar-refractivity contribution in [3.05, 3.63) is 0 Å². The van der Waals surface area contributed by atoms with Crippen LogP contribution in [-0.4, -0.2) is 50.1 Å². The molecule has 1 saturated heterocycles. The molecule has 0 bridgehead atoms. The van der Waals surface area contributed by atoms with Crippen molar-refractivity contribution in [3.63, 3.8) is 0 Å². The smallest absolute Gasteiger partial charge is 0.378 e. The van der Waals surface area contributed by atoms with Crippen LogP contribution < -0.4 is 0 Å². The number of nitrogens with zero attached hydrogens (tertiary/aromatic N) is 1. The van der Waals surface area contributed by atoms with Crippen molar-refractivity contribution in [2.24, 2.45) is 0 Å². The first-order valence-corrected chi connectivity index (χ1v) is 5.32. The normalized spacial score (nSPS) is 21.2. The first-order chi connectivity index (χ1) is 5.73. The molecular weight excluding hydrogens is 181 g/mol. The quantitative estimate of drug-likeness (QED) is 0.657. The highest BCUT2D eigenvalue weighted by Gasteiger charge is 2.47. The Balaban J connectivity index is 2.51. The number of ether oxygens (including phenoxy) is 1. The fourth-order valence-corrected chi connectivity index (χ4v) is 2.39. The van der Waals surface area contributed by atoms with E-state index in [0.29, 0.717) is 26.3 Å². The predicted molar refractivity (Wildman–Crippen MR) is 45.5 cm³/mol. The van der Waals surface area contributed by atoms with Crippen LogP contribution in [0, 0.1) is 0 Å². The lowest BCUT2D eigenvalue weighted by Gasteiger charge is -2.27. The van der Waals surface area contributed by atoms with Gasteiger partial charge in [-0.25, -0.2) is 0 Å². The van der Waals surface area contributed by atoms with Crippen molar-refractivity contribution in [3.8, 4) is 0 Å². The molecule has 0 spiro atoms. The third-order valence-electron chi connectivity index (χ3n) is 1.82. The Hall–Kier alpha value is 0.230. The van der Waals surface area contributed by atoms with Crippen LogP contribution in [0.25, 0.3) is 0 Å². The van der Waals surface area contributed by atoms with Gasteiger partial charge in [-0.2, -0.15) is 13.9 Å². The average Bonchev–Trinajstić information content (AvgIpc) is 2.18. The van der Waals surface area contributed by atoms with E-state index in [1.165, 1.54) is 14.2 Å². The van der Waals surface area contributed by atoms with Gasteiger partial charge >= 0.3 is 8.09 Å². The summed E-state index contributed by atoms with van der Waals surface area (Å²) >= 11 is 0. The zero-order valence-corrected chi connectivity index (χ0v) is 8.29. The molecule has 1 rings (SSSR count). The van der Waals surface area contributed by atoms with Gasteiger partial charge in [0.05, 0.1) is 40.5 Å². The van der Waals surface area contributed by atoms with E-state index >= 15 is 0 Å². The molecule has 0 radical (unpaired) electrons. The molecular formula is C6H15NO4P+. The minimum Gasteiger partial charge on any atom is -0.378 e. The van der Waals surface area contributed by atoms with Crippen LogP contribution in [0.4, 0.5) is 0 Å². The highest BCUT2D eigenvalue weighted by Crippen LogP contribution is 2.58. The standard InChI is InChI=1S/C6H15NO4P/c1-9-12(8,10-2)7-3-5-11-6-4-7/h8H,3-6H2,1-2H3/q+1. The summed E-state index contributed by atoms with van der Waals surface area (Å²) < 4.78 is 16.8. The van der Waals surface area contributed by atoms with Crippen molar-refractivity contribution >= 4 is 8.09 Å². The molecule has 0 aliphatic carbocycles. The molecule has 1 fully saturated rings. The Kier molecular flexibility index (Phi) is 3.83. The maximum absolute atomic E-state index is 9.79. The minimum atomic E-state index is -2.75. The van der Waals surface area contributed by atoms with Gasteiger partial charge in [-0.3, -0.25) is 0 Å². The Morgan fingerprint density at radius 1 is 1.25 bits per heavy atom. The van der Waals surface area contributed by atoms with E-state index in [2.05, 4.69) is 0 Å². The SMILES string of the molecule is CO[P+](O)(OC)N1CCOCC1. The molecule has 0 saturated carbocycles. The molecule has 0 aromatic carbocycles. The van der Waals surface area contributed by atoms with Gasteiger partial charge in [0, 0.05) is 0 Å². The summed E-state index contributed by atoms with van der Waals surface area (Å²) in [5, 5.41) is 0. The summed E-state index contributed by atoms with van der Waals surface area (Å²) in [5.74, 6) is 0. The van der Waals surface area contributed by atoms with Crippen molar-refractivity contribution < 1.29 is 18.7 Å². The number of hydrogen-bond acceptors (Lipinski definition) is 5. The largest absolute Gasteiger partial charge is 0.501 e. The van der Waals surface area contributed by atoms with E-state index in [1.54, 1.807) is 4.67 Å². The van der Waals surface area contributed by atoms with Crippen molar-refractivity contribution in [1.82, 2.24) is 4.67 Å². The highest BCUT2D eigenvalue weighted by molar-refractivity contribution is 7.58. The van der Waals surface area contributed by atoms with Gasteiger partial charge in [0.15, 0.2) is 0 Å². The lowest BCUT2D eigenvalue weighted by molar-refractivity contribution is 0.0479. The first kappa shape index (κ1) is 10.3. The second kappa shape index (κ2) is 4.46. The molecule has 5 nitrogen and oxygen atoms in total. The lowest BCUT2D eigenvalue weighted by atomic mass is 10.5. The monoisotopic (exact) mass is 196 g/mol. The zero-order chi connectivity index (χ0) is 9.03. The lowest BCUT2D eigenvalue weighted by Crippen LogP contribution is -2.36. The van der Waals surface area contributed by atoms with Crippen molar-refractivity contribution in [2.75, 3.05) is 40.5 Å².